The number of nitrogens with two attached hydrogens (primary N) is 1. The van der Waals surface area contributed by atoms with Crippen LogP contribution in [-0.2, 0) is 11.3 Å². The minimum absolute atomic E-state index is 0.391. The van der Waals surface area contributed by atoms with E-state index in [-0.39, 0.29) is 0 Å². The van der Waals surface area contributed by atoms with Crippen LogP contribution in [0.15, 0.2) is 15.8 Å². The SMILES string of the molecule is COC(=O)c1sc(NCc2ncon2)c(SC)c1N. The molecule has 2 heterocycles. The molecule has 7 nitrogen and oxygen atoms in total. The van der Waals surface area contributed by atoms with Crippen molar-refractivity contribution < 1.29 is 14.1 Å². The normalized spacial score (nSPS) is 10.4. The average molecular weight is 300 g/mol. The van der Waals surface area contributed by atoms with E-state index in [1.807, 2.05) is 6.26 Å². The molecular formula is C10H12N4O3S2. The van der Waals surface area contributed by atoms with Crippen molar-refractivity contribution in [2.75, 3.05) is 24.4 Å². The molecule has 0 saturated heterocycles. The molecule has 9 heteroatoms. The zero-order valence-corrected chi connectivity index (χ0v) is 11.9. The summed E-state index contributed by atoms with van der Waals surface area (Å²) in [5, 5.41) is 7.61. The van der Waals surface area contributed by atoms with E-state index in [1.165, 1.54) is 36.6 Å². The molecule has 0 aliphatic rings. The van der Waals surface area contributed by atoms with E-state index >= 15 is 0 Å². The topological polar surface area (TPSA) is 103 Å². The Morgan fingerprint density at radius 1 is 1.68 bits per heavy atom. The highest BCUT2D eigenvalue weighted by Gasteiger charge is 2.21. The molecule has 0 spiro atoms. The van der Waals surface area contributed by atoms with Crippen LogP contribution in [0.4, 0.5) is 10.7 Å². The standard InChI is InChI=1S/C10H12N4O3S2/c1-16-10(15)8-6(11)7(18-2)9(19-8)12-3-5-13-4-17-14-5/h4,12H,3,11H2,1-2H3. The van der Waals surface area contributed by atoms with Gasteiger partial charge in [-0.25, -0.2) is 4.79 Å². The second-order valence-corrected chi connectivity index (χ2v) is 5.24. The predicted octanol–water partition coefficient (Wildman–Crippen LogP) is 1.83. The van der Waals surface area contributed by atoms with Crippen molar-refractivity contribution in [1.29, 1.82) is 0 Å². The molecule has 0 radical (unpaired) electrons. The highest BCUT2D eigenvalue weighted by Crippen LogP contribution is 2.42. The number of thioether (sulfide) groups is 1. The van der Waals surface area contributed by atoms with Crippen molar-refractivity contribution in [3.05, 3.63) is 17.1 Å². The number of aromatic nitrogens is 2. The maximum Gasteiger partial charge on any atom is 0.350 e. The molecule has 0 aromatic carbocycles. The van der Waals surface area contributed by atoms with E-state index < -0.39 is 5.97 Å². The van der Waals surface area contributed by atoms with Crippen LogP contribution in [0.5, 0.6) is 0 Å². The van der Waals surface area contributed by atoms with Gasteiger partial charge in [-0.3, -0.25) is 0 Å². The van der Waals surface area contributed by atoms with Crippen LogP contribution in [0, 0.1) is 0 Å². The second-order valence-electron chi connectivity index (χ2n) is 3.40. The molecule has 3 N–H and O–H groups in total. The van der Waals surface area contributed by atoms with Crippen LogP contribution >= 0.6 is 23.1 Å². The number of carbonyl (C=O) groups is 1. The summed E-state index contributed by atoms with van der Waals surface area (Å²) in [5.41, 5.74) is 6.37. The van der Waals surface area contributed by atoms with Crippen LogP contribution in [0.25, 0.3) is 0 Å². The van der Waals surface area contributed by atoms with Crippen LogP contribution in [0.1, 0.15) is 15.5 Å². The molecule has 0 amide bonds. The average Bonchev–Trinajstić information content (AvgIpc) is 3.03. The minimum Gasteiger partial charge on any atom is -0.465 e. The molecule has 0 fully saturated rings. The van der Waals surface area contributed by atoms with Crippen molar-refractivity contribution in [1.82, 2.24) is 10.1 Å². The third-order valence-corrected chi connectivity index (χ3v) is 4.39. The van der Waals surface area contributed by atoms with Gasteiger partial charge in [-0.1, -0.05) is 5.16 Å². The summed E-state index contributed by atoms with van der Waals surface area (Å²) < 4.78 is 9.34. The van der Waals surface area contributed by atoms with Crippen LogP contribution in [0.2, 0.25) is 0 Å². The van der Waals surface area contributed by atoms with Gasteiger partial charge in [0.1, 0.15) is 9.88 Å². The summed E-state index contributed by atoms with van der Waals surface area (Å²) in [6, 6.07) is 0. The molecule has 0 saturated carbocycles. The van der Waals surface area contributed by atoms with E-state index in [4.69, 9.17) is 10.5 Å². The maximum absolute atomic E-state index is 11.6. The van der Waals surface area contributed by atoms with E-state index in [1.54, 1.807) is 0 Å². The number of esters is 1. The first-order chi connectivity index (χ1) is 9.17. The van der Waals surface area contributed by atoms with Gasteiger partial charge in [0.25, 0.3) is 0 Å². The quantitative estimate of drug-likeness (QED) is 0.636. The Labute approximate surface area is 117 Å². The van der Waals surface area contributed by atoms with Gasteiger partial charge in [0, 0.05) is 0 Å². The van der Waals surface area contributed by atoms with Gasteiger partial charge in [-0.2, -0.15) is 4.98 Å². The molecule has 0 unspecified atom stereocenters. The fourth-order valence-electron chi connectivity index (χ4n) is 1.42. The molecule has 0 aliphatic heterocycles. The largest absolute Gasteiger partial charge is 0.465 e. The Kier molecular flexibility index (Phi) is 4.27. The zero-order valence-electron chi connectivity index (χ0n) is 10.3. The maximum atomic E-state index is 11.6. The first-order valence-corrected chi connectivity index (χ1v) is 7.25. The lowest BCUT2D eigenvalue weighted by molar-refractivity contribution is 0.0607. The summed E-state index contributed by atoms with van der Waals surface area (Å²) in [6.45, 7) is 0.393. The van der Waals surface area contributed by atoms with Gasteiger partial charge in [0.05, 0.1) is 24.2 Å². The Hall–Kier alpha value is -1.74. The van der Waals surface area contributed by atoms with E-state index in [0.717, 1.165) is 9.90 Å². The molecule has 0 aliphatic carbocycles. The van der Waals surface area contributed by atoms with Crippen molar-refractivity contribution in [3.8, 4) is 0 Å². The van der Waals surface area contributed by atoms with Gasteiger partial charge in [0.2, 0.25) is 6.39 Å². The lowest BCUT2D eigenvalue weighted by Gasteiger charge is -2.03. The highest BCUT2D eigenvalue weighted by molar-refractivity contribution is 7.99. The summed E-state index contributed by atoms with van der Waals surface area (Å²) >= 11 is 2.71. The minimum atomic E-state index is -0.439. The van der Waals surface area contributed by atoms with Gasteiger partial charge in [0.15, 0.2) is 5.82 Å². The molecule has 19 heavy (non-hydrogen) atoms. The Morgan fingerprint density at radius 3 is 3.05 bits per heavy atom. The number of hydrogen-bond acceptors (Lipinski definition) is 9. The Bertz CT molecular complexity index is 568. The lowest BCUT2D eigenvalue weighted by atomic mass is 10.4. The molecule has 2 aromatic rings. The number of nitrogens with one attached hydrogen (secondary N) is 1. The van der Waals surface area contributed by atoms with Crippen LogP contribution in [0.3, 0.4) is 0 Å². The summed E-state index contributed by atoms with van der Waals surface area (Å²) in [6.07, 6.45) is 3.15. The fourth-order valence-corrected chi connectivity index (χ4v) is 3.37. The van der Waals surface area contributed by atoms with Crippen LogP contribution < -0.4 is 11.1 Å². The van der Waals surface area contributed by atoms with Gasteiger partial charge < -0.3 is 20.3 Å². The zero-order chi connectivity index (χ0) is 13.8. The Morgan fingerprint density at radius 2 is 2.47 bits per heavy atom. The van der Waals surface area contributed by atoms with Crippen molar-refractivity contribution in [3.63, 3.8) is 0 Å². The number of carbonyl (C=O) groups excluding carboxylic acids is 1. The summed E-state index contributed by atoms with van der Waals surface area (Å²) in [4.78, 5) is 16.7. The number of ether oxygens (including phenoxy) is 1. The molecule has 102 valence electrons. The molecular weight excluding hydrogens is 288 g/mol. The van der Waals surface area contributed by atoms with Crippen molar-refractivity contribution in [2.24, 2.45) is 0 Å². The molecule has 0 bridgehead atoms. The highest BCUT2D eigenvalue weighted by atomic mass is 32.2. The van der Waals surface area contributed by atoms with Gasteiger partial charge in [-0.15, -0.1) is 23.1 Å². The first kappa shape index (κ1) is 13.7. The third-order valence-electron chi connectivity index (χ3n) is 2.29. The summed E-state index contributed by atoms with van der Waals surface area (Å²) in [7, 11) is 1.33. The van der Waals surface area contributed by atoms with Crippen molar-refractivity contribution in [2.45, 2.75) is 11.4 Å². The predicted molar refractivity (Wildman–Crippen MR) is 73.5 cm³/mol. The Balaban J connectivity index is 2.22. The lowest BCUT2D eigenvalue weighted by Crippen LogP contribution is -2.01. The number of anilines is 2. The second kappa shape index (κ2) is 5.93. The molecule has 2 aromatic heterocycles. The first-order valence-electron chi connectivity index (χ1n) is 5.21. The van der Waals surface area contributed by atoms with E-state index in [9.17, 15) is 4.79 Å². The number of thiophene rings is 1. The number of nitrogens with zero attached hydrogens (tertiary/aromatic N) is 2. The molecule has 0 atom stereocenters. The monoisotopic (exact) mass is 300 g/mol. The third kappa shape index (κ3) is 2.82. The van der Waals surface area contributed by atoms with E-state index in [0.29, 0.717) is 22.9 Å². The molecule has 2 rings (SSSR count). The smallest absolute Gasteiger partial charge is 0.350 e. The number of hydrogen-bond donors (Lipinski definition) is 2. The number of rotatable bonds is 5. The summed E-state index contributed by atoms with van der Waals surface area (Å²) in [5.74, 6) is 0.0871. The van der Waals surface area contributed by atoms with Gasteiger partial charge in [-0.05, 0) is 6.26 Å². The number of methoxy groups -OCH3 is 1. The van der Waals surface area contributed by atoms with Gasteiger partial charge >= 0.3 is 5.97 Å². The van der Waals surface area contributed by atoms with Crippen LogP contribution in [-0.4, -0.2) is 29.5 Å². The fraction of sp³-hybridized carbons (Fsp3) is 0.300. The van der Waals surface area contributed by atoms with E-state index in [2.05, 4.69) is 20.0 Å². The van der Waals surface area contributed by atoms with Crippen molar-refractivity contribution >= 4 is 39.8 Å². The number of nitrogen functional groups attached to an aromatic ring is 1.